The van der Waals surface area contributed by atoms with E-state index < -0.39 is 10.0 Å². The van der Waals surface area contributed by atoms with E-state index in [2.05, 4.69) is 15.0 Å². The molecule has 0 radical (unpaired) electrons. The standard InChI is InChI=1S/C20H22N4O3S.ClH/c1-21-16-5-4-12-24(13-16)20(25)14-8-10-15(11-9-14)22-19-17-6-2-3-7-18(17)28(26,27)23-19;/h2-3,6-11,16,21H,4-5,12-13H2,1H3,(H,22,23);1H. The minimum Gasteiger partial charge on any atom is -0.339 e. The molecule has 7 nitrogen and oxygen atoms in total. The Morgan fingerprint density at radius 1 is 1.14 bits per heavy atom. The van der Waals surface area contributed by atoms with Gasteiger partial charge in [0.05, 0.1) is 0 Å². The van der Waals surface area contributed by atoms with Crippen LogP contribution in [0.25, 0.3) is 0 Å². The molecule has 1 saturated heterocycles. The SMILES string of the molecule is CNC1CCCN(C(=O)c2ccc(NC3=NS(=O)(=O)c4ccccc43)cc2)C1.Cl. The number of nitrogens with one attached hydrogen (secondary N) is 2. The van der Waals surface area contributed by atoms with Gasteiger partial charge in [0.15, 0.2) is 5.84 Å². The summed E-state index contributed by atoms with van der Waals surface area (Å²) in [5.41, 5.74) is 1.84. The maximum absolute atomic E-state index is 12.7. The van der Waals surface area contributed by atoms with Gasteiger partial charge in [-0.3, -0.25) is 4.79 Å². The molecular weight excluding hydrogens is 412 g/mol. The zero-order chi connectivity index (χ0) is 19.7. The van der Waals surface area contributed by atoms with Gasteiger partial charge in [-0.2, -0.15) is 8.42 Å². The molecule has 1 fully saturated rings. The summed E-state index contributed by atoms with van der Waals surface area (Å²) < 4.78 is 28.1. The van der Waals surface area contributed by atoms with Gasteiger partial charge in [0.1, 0.15) is 4.90 Å². The van der Waals surface area contributed by atoms with E-state index in [-0.39, 0.29) is 23.2 Å². The van der Waals surface area contributed by atoms with Crippen molar-refractivity contribution >= 4 is 39.9 Å². The lowest BCUT2D eigenvalue weighted by Crippen LogP contribution is -2.46. The highest BCUT2D eigenvalue weighted by atomic mass is 35.5. The molecule has 2 heterocycles. The summed E-state index contributed by atoms with van der Waals surface area (Å²) in [6.07, 6.45) is 2.07. The molecule has 9 heteroatoms. The number of hydrogen-bond donors (Lipinski definition) is 2. The quantitative estimate of drug-likeness (QED) is 0.774. The number of likely N-dealkylation sites (tertiary alicyclic amines) is 1. The van der Waals surface area contributed by atoms with Crippen LogP contribution in [0.5, 0.6) is 0 Å². The molecule has 0 spiro atoms. The second-order valence-corrected chi connectivity index (χ2v) is 8.56. The molecule has 4 rings (SSSR count). The van der Waals surface area contributed by atoms with Crippen LogP contribution in [-0.2, 0) is 10.0 Å². The van der Waals surface area contributed by atoms with Crippen LogP contribution in [0.3, 0.4) is 0 Å². The minimum absolute atomic E-state index is 0. The average molecular weight is 435 g/mol. The summed E-state index contributed by atoms with van der Waals surface area (Å²) in [6.45, 7) is 1.48. The molecule has 2 aliphatic rings. The molecule has 2 aromatic carbocycles. The number of hydrogen-bond acceptors (Lipinski definition) is 5. The second kappa shape index (κ2) is 8.52. The van der Waals surface area contributed by atoms with Crippen molar-refractivity contribution in [2.45, 2.75) is 23.8 Å². The van der Waals surface area contributed by atoms with E-state index in [1.165, 1.54) is 0 Å². The van der Waals surface area contributed by atoms with E-state index >= 15 is 0 Å². The van der Waals surface area contributed by atoms with Gasteiger partial charge in [-0.15, -0.1) is 16.8 Å². The largest absolute Gasteiger partial charge is 0.339 e. The monoisotopic (exact) mass is 434 g/mol. The molecule has 29 heavy (non-hydrogen) atoms. The number of halogens is 1. The average Bonchev–Trinajstić information content (AvgIpc) is 2.98. The highest BCUT2D eigenvalue weighted by molar-refractivity contribution is 7.90. The molecule has 2 aliphatic heterocycles. The predicted molar refractivity (Wildman–Crippen MR) is 115 cm³/mol. The third kappa shape index (κ3) is 4.29. The van der Waals surface area contributed by atoms with Crippen LogP contribution in [0.1, 0.15) is 28.8 Å². The van der Waals surface area contributed by atoms with Crippen LogP contribution in [0.15, 0.2) is 57.8 Å². The second-order valence-electron chi connectivity index (χ2n) is 6.99. The van der Waals surface area contributed by atoms with Crippen molar-refractivity contribution in [2.24, 2.45) is 4.40 Å². The van der Waals surface area contributed by atoms with Gasteiger partial charge in [-0.25, -0.2) is 0 Å². The van der Waals surface area contributed by atoms with Gasteiger partial charge < -0.3 is 15.5 Å². The number of amidine groups is 1. The van der Waals surface area contributed by atoms with E-state index in [0.29, 0.717) is 35.2 Å². The predicted octanol–water partition coefficient (Wildman–Crippen LogP) is 2.49. The van der Waals surface area contributed by atoms with Gasteiger partial charge in [0, 0.05) is 35.9 Å². The number of sulfonamides is 1. The van der Waals surface area contributed by atoms with E-state index in [1.807, 2.05) is 11.9 Å². The normalized spacial score (nSPS) is 19.7. The van der Waals surface area contributed by atoms with Gasteiger partial charge >= 0.3 is 0 Å². The van der Waals surface area contributed by atoms with Crippen molar-refractivity contribution in [3.05, 3.63) is 59.7 Å². The van der Waals surface area contributed by atoms with E-state index in [9.17, 15) is 13.2 Å². The van der Waals surface area contributed by atoms with Gasteiger partial charge in [-0.05, 0) is 56.3 Å². The Morgan fingerprint density at radius 2 is 1.86 bits per heavy atom. The van der Waals surface area contributed by atoms with Gasteiger partial charge in [-0.1, -0.05) is 12.1 Å². The van der Waals surface area contributed by atoms with E-state index in [4.69, 9.17) is 0 Å². The van der Waals surface area contributed by atoms with Crippen LogP contribution in [-0.4, -0.2) is 51.2 Å². The minimum atomic E-state index is -3.66. The molecule has 0 aromatic heterocycles. The molecule has 0 saturated carbocycles. The topological polar surface area (TPSA) is 90.9 Å². The Labute approximate surface area is 176 Å². The number of benzene rings is 2. The number of carbonyl (C=O) groups is 1. The fourth-order valence-corrected chi connectivity index (χ4v) is 4.78. The van der Waals surface area contributed by atoms with E-state index in [1.54, 1.807) is 48.5 Å². The number of carbonyl (C=O) groups excluding carboxylic acids is 1. The molecule has 0 bridgehead atoms. The van der Waals surface area contributed by atoms with Crippen molar-refractivity contribution in [1.82, 2.24) is 10.2 Å². The fraction of sp³-hybridized carbons (Fsp3) is 0.300. The number of amides is 1. The van der Waals surface area contributed by atoms with Crippen molar-refractivity contribution in [1.29, 1.82) is 0 Å². The molecule has 1 amide bonds. The maximum Gasteiger partial charge on any atom is 0.285 e. The number of piperidine rings is 1. The molecule has 0 aliphatic carbocycles. The number of likely N-dealkylation sites (N-methyl/N-ethyl adjacent to an activating group) is 1. The highest BCUT2D eigenvalue weighted by Gasteiger charge is 2.28. The van der Waals surface area contributed by atoms with Crippen molar-refractivity contribution < 1.29 is 13.2 Å². The number of anilines is 1. The van der Waals surface area contributed by atoms with Crippen LogP contribution >= 0.6 is 12.4 Å². The Balaban J connectivity index is 0.00000240. The van der Waals surface area contributed by atoms with Crippen molar-refractivity contribution in [3.8, 4) is 0 Å². The van der Waals surface area contributed by atoms with Gasteiger partial charge in [0.25, 0.3) is 15.9 Å². The first-order valence-electron chi connectivity index (χ1n) is 9.26. The van der Waals surface area contributed by atoms with Gasteiger partial charge in [0.2, 0.25) is 0 Å². The summed E-state index contributed by atoms with van der Waals surface area (Å²) in [5.74, 6) is 0.306. The highest BCUT2D eigenvalue weighted by Crippen LogP contribution is 2.26. The van der Waals surface area contributed by atoms with Crippen LogP contribution in [0.4, 0.5) is 5.69 Å². The Morgan fingerprint density at radius 3 is 2.59 bits per heavy atom. The summed E-state index contributed by atoms with van der Waals surface area (Å²) in [4.78, 5) is 14.8. The third-order valence-corrected chi connectivity index (χ3v) is 6.48. The molecular formula is C20H23ClN4O3S. The van der Waals surface area contributed by atoms with E-state index in [0.717, 1.165) is 19.4 Å². The first-order valence-corrected chi connectivity index (χ1v) is 10.7. The number of rotatable bonds is 3. The summed E-state index contributed by atoms with van der Waals surface area (Å²) in [5, 5.41) is 6.29. The summed E-state index contributed by atoms with van der Waals surface area (Å²) >= 11 is 0. The lowest BCUT2D eigenvalue weighted by Gasteiger charge is -2.32. The third-order valence-electron chi connectivity index (χ3n) is 5.14. The Hall–Kier alpha value is -2.42. The molecule has 154 valence electrons. The first kappa shape index (κ1) is 21.3. The molecule has 2 aromatic rings. The van der Waals surface area contributed by atoms with Crippen molar-refractivity contribution in [3.63, 3.8) is 0 Å². The summed E-state index contributed by atoms with van der Waals surface area (Å²) in [7, 11) is -1.74. The molecule has 1 atom stereocenters. The number of nitrogens with zero attached hydrogens (tertiary/aromatic N) is 2. The zero-order valence-electron chi connectivity index (χ0n) is 16.0. The number of fused-ring (bicyclic) bond motifs is 1. The lowest BCUT2D eigenvalue weighted by atomic mass is 10.0. The molecule has 1 unspecified atom stereocenters. The van der Waals surface area contributed by atoms with Crippen LogP contribution < -0.4 is 10.6 Å². The first-order chi connectivity index (χ1) is 13.5. The molecule has 2 N–H and O–H groups in total. The fourth-order valence-electron chi connectivity index (χ4n) is 3.61. The maximum atomic E-state index is 12.7. The zero-order valence-corrected chi connectivity index (χ0v) is 17.6. The van der Waals surface area contributed by atoms with Crippen LogP contribution in [0.2, 0.25) is 0 Å². The summed E-state index contributed by atoms with van der Waals surface area (Å²) in [6, 6.07) is 14.1. The Kier molecular flexibility index (Phi) is 6.26. The smallest absolute Gasteiger partial charge is 0.285 e. The lowest BCUT2D eigenvalue weighted by molar-refractivity contribution is 0.0698. The van der Waals surface area contributed by atoms with Crippen molar-refractivity contribution in [2.75, 3.05) is 25.5 Å². The Bertz CT molecular complexity index is 1040. The van der Waals surface area contributed by atoms with Crippen LogP contribution in [0, 0.1) is 0 Å².